The monoisotopic (exact) mass is 396 g/mol. The Balaban J connectivity index is 1.68. The zero-order valence-corrected chi connectivity index (χ0v) is 17.0. The fourth-order valence-corrected chi connectivity index (χ4v) is 4.31. The number of amides is 1. The standard InChI is InChI=1S/C20H29ClN2O4/c1-4-23-9-7-20(8-10-23)13-19(2,25)17(12-27-20)22-18(24)15-6-5-14(21)11-16(15)26-3/h5-6,11,17,25H,4,7-10,12-13H2,1-3H3,(H,22,24)/t17-,19-/m0/s1. The Morgan fingerprint density at radius 1 is 1.44 bits per heavy atom. The summed E-state index contributed by atoms with van der Waals surface area (Å²) in [5, 5.41) is 14.5. The van der Waals surface area contributed by atoms with Crippen molar-refractivity contribution in [3.63, 3.8) is 0 Å². The second-order valence-electron chi connectivity index (χ2n) is 7.83. The smallest absolute Gasteiger partial charge is 0.255 e. The molecule has 0 aliphatic carbocycles. The molecule has 1 aromatic rings. The lowest BCUT2D eigenvalue weighted by atomic mass is 9.75. The normalized spacial score (nSPS) is 28.1. The minimum absolute atomic E-state index is 0.292. The molecule has 2 aliphatic rings. The number of carbonyl (C=O) groups is 1. The Bertz CT molecular complexity index is 687. The van der Waals surface area contributed by atoms with Gasteiger partial charge in [-0.15, -0.1) is 0 Å². The predicted octanol–water partition coefficient (Wildman–Crippen LogP) is 2.47. The summed E-state index contributed by atoms with van der Waals surface area (Å²) in [6, 6.07) is 4.38. The highest BCUT2D eigenvalue weighted by atomic mass is 35.5. The van der Waals surface area contributed by atoms with E-state index in [2.05, 4.69) is 17.1 Å². The van der Waals surface area contributed by atoms with Crippen LogP contribution in [0.1, 0.15) is 43.5 Å². The van der Waals surface area contributed by atoms with Gasteiger partial charge >= 0.3 is 0 Å². The van der Waals surface area contributed by atoms with E-state index in [4.69, 9.17) is 21.1 Å². The molecule has 2 saturated heterocycles. The molecule has 2 aliphatic heterocycles. The number of carbonyl (C=O) groups excluding carboxylic acids is 1. The van der Waals surface area contributed by atoms with E-state index in [1.165, 1.54) is 7.11 Å². The van der Waals surface area contributed by atoms with E-state index in [0.717, 1.165) is 32.5 Å². The zero-order chi connectivity index (χ0) is 19.7. The highest BCUT2D eigenvalue weighted by Crippen LogP contribution is 2.39. The molecule has 6 nitrogen and oxygen atoms in total. The number of nitrogens with one attached hydrogen (secondary N) is 1. The highest BCUT2D eigenvalue weighted by Gasteiger charge is 2.49. The number of piperidine rings is 1. The number of nitrogens with zero attached hydrogens (tertiary/aromatic N) is 1. The van der Waals surface area contributed by atoms with E-state index >= 15 is 0 Å². The van der Waals surface area contributed by atoms with Crippen LogP contribution in [0.5, 0.6) is 5.75 Å². The Kier molecular flexibility index (Phi) is 6.01. The Hall–Kier alpha value is -1.34. The van der Waals surface area contributed by atoms with Crippen molar-refractivity contribution in [2.24, 2.45) is 0 Å². The number of methoxy groups -OCH3 is 1. The molecule has 2 heterocycles. The van der Waals surface area contributed by atoms with Crippen LogP contribution in [0.15, 0.2) is 18.2 Å². The average molecular weight is 397 g/mol. The lowest BCUT2D eigenvalue weighted by molar-refractivity contribution is -0.185. The van der Waals surface area contributed by atoms with Gasteiger partial charge in [-0.3, -0.25) is 4.79 Å². The lowest BCUT2D eigenvalue weighted by Crippen LogP contribution is -2.63. The number of likely N-dealkylation sites (tertiary alicyclic amines) is 1. The molecule has 2 fully saturated rings. The minimum Gasteiger partial charge on any atom is -0.496 e. The first-order chi connectivity index (χ1) is 12.8. The third-order valence-electron chi connectivity index (χ3n) is 5.91. The topological polar surface area (TPSA) is 71.0 Å². The molecule has 1 amide bonds. The van der Waals surface area contributed by atoms with Gasteiger partial charge in [0.1, 0.15) is 5.75 Å². The summed E-state index contributed by atoms with van der Waals surface area (Å²) >= 11 is 5.97. The van der Waals surface area contributed by atoms with Gasteiger partial charge in [0, 0.05) is 24.5 Å². The molecular weight excluding hydrogens is 368 g/mol. The molecule has 2 atom stereocenters. The second kappa shape index (κ2) is 7.95. The first-order valence-corrected chi connectivity index (χ1v) is 9.89. The van der Waals surface area contributed by atoms with Crippen molar-refractivity contribution in [2.75, 3.05) is 33.4 Å². The van der Waals surface area contributed by atoms with Crippen LogP contribution in [0.4, 0.5) is 0 Å². The number of halogens is 1. The van der Waals surface area contributed by atoms with Crippen molar-refractivity contribution in [1.29, 1.82) is 0 Å². The number of hydrogen-bond acceptors (Lipinski definition) is 5. The summed E-state index contributed by atoms with van der Waals surface area (Å²) in [6.45, 7) is 7.23. The number of hydrogen-bond donors (Lipinski definition) is 2. The fourth-order valence-electron chi connectivity index (χ4n) is 4.15. The van der Waals surface area contributed by atoms with Gasteiger partial charge in [-0.1, -0.05) is 18.5 Å². The van der Waals surface area contributed by atoms with Crippen LogP contribution in [-0.4, -0.2) is 66.5 Å². The van der Waals surface area contributed by atoms with Crippen molar-refractivity contribution in [3.8, 4) is 5.75 Å². The van der Waals surface area contributed by atoms with Crippen molar-refractivity contribution < 1.29 is 19.4 Å². The van der Waals surface area contributed by atoms with Gasteiger partial charge in [0.25, 0.3) is 5.91 Å². The maximum atomic E-state index is 12.7. The average Bonchev–Trinajstić information content (AvgIpc) is 2.64. The Labute approximate surface area is 165 Å². The quantitative estimate of drug-likeness (QED) is 0.818. The Morgan fingerprint density at radius 3 is 2.74 bits per heavy atom. The predicted molar refractivity (Wildman–Crippen MR) is 105 cm³/mol. The fraction of sp³-hybridized carbons (Fsp3) is 0.650. The maximum absolute atomic E-state index is 12.7. The van der Waals surface area contributed by atoms with Crippen LogP contribution in [-0.2, 0) is 4.74 Å². The molecule has 1 aromatic carbocycles. The van der Waals surface area contributed by atoms with E-state index in [0.29, 0.717) is 29.4 Å². The molecule has 0 bridgehead atoms. The Morgan fingerprint density at radius 2 is 2.15 bits per heavy atom. The van der Waals surface area contributed by atoms with Gasteiger partial charge < -0.3 is 24.8 Å². The van der Waals surface area contributed by atoms with Gasteiger partial charge in [-0.25, -0.2) is 0 Å². The van der Waals surface area contributed by atoms with Crippen LogP contribution in [0.3, 0.4) is 0 Å². The van der Waals surface area contributed by atoms with Gasteiger partial charge in [-0.2, -0.15) is 0 Å². The number of rotatable bonds is 4. The summed E-state index contributed by atoms with van der Waals surface area (Å²) in [5.41, 5.74) is -0.953. The summed E-state index contributed by atoms with van der Waals surface area (Å²) in [7, 11) is 1.49. The molecule has 3 rings (SSSR count). The van der Waals surface area contributed by atoms with E-state index in [1.54, 1.807) is 25.1 Å². The van der Waals surface area contributed by atoms with Crippen LogP contribution >= 0.6 is 11.6 Å². The zero-order valence-electron chi connectivity index (χ0n) is 16.3. The largest absolute Gasteiger partial charge is 0.496 e. The number of aliphatic hydroxyl groups is 1. The molecule has 1 spiro atoms. The van der Waals surface area contributed by atoms with Crippen LogP contribution in [0.25, 0.3) is 0 Å². The highest BCUT2D eigenvalue weighted by molar-refractivity contribution is 6.30. The SMILES string of the molecule is CCN1CCC2(CC1)C[C@](C)(O)[C@@H](NC(=O)c1ccc(Cl)cc1OC)CO2. The summed E-state index contributed by atoms with van der Waals surface area (Å²) in [6.07, 6.45) is 2.32. The van der Waals surface area contributed by atoms with Crippen molar-refractivity contribution in [1.82, 2.24) is 10.2 Å². The minimum atomic E-state index is -1.04. The van der Waals surface area contributed by atoms with Crippen LogP contribution < -0.4 is 10.1 Å². The number of ether oxygens (including phenoxy) is 2. The van der Waals surface area contributed by atoms with Crippen molar-refractivity contribution in [3.05, 3.63) is 28.8 Å². The van der Waals surface area contributed by atoms with Crippen LogP contribution in [0.2, 0.25) is 5.02 Å². The van der Waals surface area contributed by atoms with Gasteiger partial charge in [0.05, 0.1) is 36.5 Å². The van der Waals surface area contributed by atoms with E-state index in [9.17, 15) is 9.90 Å². The lowest BCUT2D eigenvalue weighted by Gasteiger charge is -2.51. The maximum Gasteiger partial charge on any atom is 0.255 e. The third-order valence-corrected chi connectivity index (χ3v) is 6.15. The van der Waals surface area contributed by atoms with Crippen molar-refractivity contribution in [2.45, 2.75) is 50.4 Å². The number of benzene rings is 1. The molecule has 0 saturated carbocycles. The van der Waals surface area contributed by atoms with Crippen molar-refractivity contribution >= 4 is 17.5 Å². The molecular formula is C20H29ClN2O4. The first-order valence-electron chi connectivity index (χ1n) is 9.52. The van der Waals surface area contributed by atoms with E-state index in [1.807, 2.05) is 0 Å². The van der Waals surface area contributed by atoms with Crippen LogP contribution in [0, 0.1) is 0 Å². The van der Waals surface area contributed by atoms with Gasteiger partial charge in [-0.05, 0) is 44.5 Å². The molecule has 0 aromatic heterocycles. The summed E-state index contributed by atoms with van der Waals surface area (Å²) in [4.78, 5) is 15.1. The molecule has 2 N–H and O–H groups in total. The summed E-state index contributed by atoms with van der Waals surface area (Å²) < 4.78 is 11.5. The van der Waals surface area contributed by atoms with Gasteiger partial charge in [0.15, 0.2) is 0 Å². The third kappa shape index (κ3) is 4.40. The summed E-state index contributed by atoms with van der Waals surface area (Å²) in [5.74, 6) is 0.0916. The molecule has 150 valence electrons. The van der Waals surface area contributed by atoms with E-state index in [-0.39, 0.29) is 11.5 Å². The molecule has 0 unspecified atom stereocenters. The van der Waals surface area contributed by atoms with Gasteiger partial charge in [0.2, 0.25) is 0 Å². The first kappa shape index (κ1) is 20.4. The molecule has 0 radical (unpaired) electrons. The second-order valence-corrected chi connectivity index (χ2v) is 8.27. The molecule has 7 heteroatoms. The van der Waals surface area contributed by atoms with E-state index < -0.39 is 11.6 Å². The molecule has 27 heavy (non-hydrogen) atoms.